The highest BCUT2D eigenvalue weighted by atomic mass is 16.4. The molecule has 2 aromatic carbocycles. The molecule has 1 aliphatic rings. The zero-order valence-corrected chi connectivity index (χ0v) is 30.7. The van der Waals surface area contributed by atoms with E-state index in [0.717, 1.165) is 19.3 Å². The van der Waals surface area contributed by atoms with Crippen LogP contribution < -0.4 is 21.3 Å². The highest BCUT2D eigenvalue weighted by molar-refractivity contribution is 6.03. The quantitative estimate of drug-likeness (QED) is 0.0777. The van der Waals surface area contributed by atoms with Crippen molar-refractivity contribution < 1.29 is 44.1 Å². The number of hydrogen-bond donors (Lipinski definition) is 7. The van der Waals surface area contributed by atoms with Crippen LogP contribution in [-0.4, -0.2) is 105 Å². The molecule has 15 nitrogen and oxygen atoms in total. The van der Waals surface area contributed by atoms with E-state index < -0.39 is 53.4 Å². The lowest BCUT2D eigenvalue weighted by Gasteiger charge is -2.35. The fourth-order valence-electron chi connectivity index (χ4n) is 5.90. The predicted octanol–water partition coefficient (Wildman–Crippen LogP) is 2.87. The van der Waals surface area contributed by atoms with E-state index >= 15 is 0 Å². The number of amides is 4. The van der Waals surface area contributed by atoms with Crippen molar-refractivity contribution >= 4 is 41.3 Å². The van der Waals surface area contributed by atoms with Crippen LogP contribution in [0.5, 0.6) is 0 Å². The first-order chi connectivity index (χ1) is 25.9. The zero-order chi connectivity index (χ0) is 39.3. The molecule has 0 fully saturated rings. The van der Waals surface area contributed by atoms with E-state index in [9.17, 15) is 44.1 Å². The van der Waals surface area contributed by atoms with Gasteiger partial charge in [0.15, 0.2) is 5.72 Å². The van der Waals surface area contributed by atoms with E-state index in [1.54, 1.807) is 77.8 Å². The second-order valence-corrected chi connectivity index (χ2v) is 13.1. The minimum Gasteiger partial charge on any atom is -0.480 e. The van der Waals surface area contributed by atoms with Gasteiger partial charge in [0.25, 0.3) is 11.8 Å². The van der Waals surface area contributed by atoms with Crippen molar-refractivity contribution in [2.45, 2.75) is 88.9 Å². The summed E-state index contributed by atoms with van der Waals surface area (Å²) in [6.07, 6.45) is 8.78. The number of nitrogens with one attached hydrogen (secondary N) is 4. The highest BCUT2D eigenvalue weighted by Crippen LogP contribution is 2.29. The third-order valence-corrected chi connectivity index (χ3v) is 8.91. The van der Waals surface area contributed by atoms with Crippen LogP contribution in [0.4, 0.5) is 0 Å². The molecule has 0 radical (unpaired) electrons. The zero-order valence-electron chi connectivity index (χ0n) is 30.7. The molecule has 3 rings (SSSR count). The average molecular weight is 749 g/mol. The van der Waals surface area contributed by atoms with Crippen LogP contribution in [0.15, 0.2) is 77.9 Å². The first-order valence-corrected chi connectivity index (χ1v) is 18.4. The van der Waals surface area contributed by atoms with Gasteiger partial charge in [0.2, 0.25) is 11.8 Å². The third kappa shape index (κ3) is 14.1. The van der Waals surface area contributed by atoms with Gasteiger partial charge in [0, 0.05) is 36.8 Å². The minimum atomic E-state index is -1.35. The Bertz CT molecular complexity index is 1620. The Kier molecular flexibility index (Phi) is 17.8. The lowest BCUT2D eigenvalue weighted by atomic mass is 9.99. The Morgan fingerprint density at radius 2 is 1.20 bits per heavy atom. The van der Waals surface area contributed by atoms with Crippen LogP contribution in [0.1, 0.15) is 91.8 Å². The molecule has 0 spiro atoms. The Hall–Kier alpha value is -5.57. The molecule has 292 valence electrons. The summed E-state index contributed by atoms with van der Waals surface area (Å²) in [6, 6.07) is 14.4. The maximum atomic E-state index is 12.4. The number of hydrogen-bond acceptors (Lipinski definition) is 9. The Labute approximate surface area is 315 Å². The normalized spacial score (nSPS) is 16.7. The van der Waals surface area contributed by atoms with Crippen molar-refractivity contribution in [3.63, 3.8) is 0 Å². The third-order valence-electron chi connectivity index (χ3n) is 8.91. The summed E-state index contributed by atoms with van der Waals surface area (Å²) in [6.45, 7) is 2.07. The fraction of sp³-hybridized carbons (Fsp3) is 0.462. The molecule has 1 aliphatic heterocycles. The van der Waals surface area contributed by atoms with Crippen LogP contribution in [0.25, 0.3) is 0 Å². The number of unbranched alkanes of at least 4 members (excludes halogenated alkanes) is 4. The summed E-state index contributed by atoms with van der Waals surface area (Å²) in [5.74, 6) is -4.49. The molecule has 0 aliphatic carbocycles. The van der Waals surface area contributed by atoms with Crippen molar-refractivity contribution in [1.82, 2.24) is 26.2 Å². The van der Waals surface area contributed by atoms with Gasteiger partial charge in [-0.2, -0.15) is 0 Å². The lowest BCUT2D eigenvalue weighted by Crippen LogP contribution is -2.48. The predicted molar refractivity (Wildman–Crippen MR) is 202 cm³/mol. The molecule has 4 amide bonds. The van der Waals surface area contributed by atoms with Crippen LogP contribution >= 0.6 is 0 Å². The number of aliphatic imine (C=N–C) groups is 1. The lowest BCUT2D eigenvalue weighted by molar-refractivity contribution is -0.142. The second-order valence-electron chi connectivity index (χ2n) is 13.1. The van der Waals surface area contributed by atoms with E-state index in [1.807, 2.05) is 0 Å². The number of aliphatic hydroxyl groups is 1. The van der Waals surface area contributed by atoms with Gasteiger partial charge in [0.05, 0.1) is 18.8 Å². The number of carbonyl (C=O) groups excluding carboxylic acids is 4. The van der Waals surface area contributed by atoms with Crippen molar-refractivity contribution in [2.24, 2.45) is 4.99 Å². The van der Waals surface area contributed by atoms with E-state index in [1.165, 1.54) is 0 Å². The monoisotopic (exact) mass is 748 g/mol. The largest absolute Gasteiger partial charge is 0.480 e. The molecule has 0 bridgehead atoms. The van der Waals surface area contributed by atoms with Crippen molar-refractivity contribution in [1.29, 1.82) is 0 Å². The molecule has 15 heteroatoms. The molecule has 54 heavy (non-hydrogen) atoms. The first-order valence-electron chi connectivity index (χ1n) is 18.4. The van der Waals surface area contributed by atoms with Gasteiger partial charge in [-0.1, -0.05) is 56.2 Å². The fourth-order valence-corrected chi connectivity index (χ4v) is 5.90. The van der Waals surface area contributed by atoms with Gasteiger partial charge in [-0.05, 0) is 75.3 Å². The van der Waals surface area contributed by atoms with Crippen LogP contribution in [0.3, 0.4) is 0 Å². The van der Waals surface area contributed by atoms with Gasteiger partial charge in [0.1, 0.15) is 12.1 Å². The van der Waals surface area contributed by atoms with Crippen LogP contribution in [0.2, 0.25) is 0 Å². The van der Waals surface area contributed by atoms with Crippen LogP contribution in [-0.2, 0) is 19.2 Å². The number of rotatable bonds is 24. The summed E-state index contributed by atoms with van der Waals surface area (Å²) < 4.78 is 0. The highest BCUT2D eigenvalue weighted by Gasteiger charge is 2.40. The van der Waals surface area contributed by atoms with Gasteiger partial charge in [-0.15, -0.1) is 0 Å². The Balaban J connectivity index is 1.44. The van der Waals surface area contributed by atoms with Gasteiger partial charge >= 0.3 is 11.9 Å². The summed E-state index contributed by atoms with van der Waals surface area (Å²) >= 11 is 0. The topological polar surface area (TPSA) is 227 Å². The van der Waals surface area contributed by atoms with E-state index in [4.69, 9.17) is 0 Å². The molecular weight excluding hydrogens is 696 g/mol. The summed E-state index contributed by atoms with van der Waals surface area (Å²) in [5, 5.41) is 41.0. The molecule has 0 aromatic heterocycles. The number of carboxylic acid groups (broad SMARTS) is 2. The number of nitrogens with zero attached hydrogens (tertiary/aromatic N) is 2. The van der Waals surface area contributed by atoms with E-state index in [-0.39, 0.29) is 25.9 Å². The van der Waals surface area contributed by atoms with E-state index in [0.29, 0.717) is 62.0 Å². The number of benzene rings is 2. The molecule has 1 unspecified atom stereocenters. The maximum Gasteiger partial charge on any atom is 0.326 e. The first kappa shape index (κ1) is 42.8. The minimum absolute atomic E-state index is 0.153. The van der Waals surface area contributed by atoms with Gasteiger partial charge in [-0.3, -0.25) is 24.2 Å². The van der Waals surface area contributed by atoms with Crippen molar-refractivity contribution in [3.05, 3.63) is 84.1 Å². The molecule has 0 saturated carbocycles. The summed E-state index contributed by atoms with van der Waals surface area (Å²) in [4.78, 5) is 79.2. The number of carboxylic acids is 2. The molecule has 7 N–H and O–H groups in total. The molecule has 1 heterocycles. The Morgan fingerprint density at radius 3 is 1.69 bits per heavy atom. The molecule has 2 aromatic rings. The number of aliphatic carboxylic acids is 2. The summed E-state index contributed by atoms with van der Waals surface area (Å²) in [5.41, 5.74) is -0.0940. The molecule has 3 atom stereocenters. The van der Waals surface area contributed by atoms with Gasteiger partial charge < -0.3 is 41.5 Å². The SMILES string of the molecule is CCCCCC1(O)C(=NCCCC[C@H](NC(=O)CNC(=O)c2ccccc2)C(=O)O)C=CN1CCCC[C@H](NC(=O)CNC(=O)c1ccccc1)C(=O)O. The maximum absolute atomic E-state index is 12.4. The molecular formula is C39H52N6O9. The Morgan fingerprint density at radius 1 is 0.704 bits per heavy atom. The van der Waals surface area contributed by atoms with Crippen molar-refractivity contribution in [2.75, 3.05) is 26.2 Å². The van der Waals surface area contributed by atoms with E-state index in [2.05, 4.69) is 33.2 Å². The number of carbonyl (C=O) groups is 6. The van der Waals surface area contributed by atoms with Crippen molar-refractivity contribution in [3.8, 4) is 0 Å². The van der Waals surface area contributed by atoms with Gasteiger partial charge in [-0.25, -0.2) is 9.59 Å². The molecule has 0 saturated heterocycles. The average Bonchev–Trinajstić information content (AvgIpc) is 3.47. The standard InChI is InChI=1S/C39H52N6O9/c1-2-3-12-22-39(54)32(40-23-13-10-19-30(37(50)51)43-33(46)26-41-35(48)28-15-6-4-7-16-28)21-25-45(39)24-14-11-20-31(38(52)53)44-34(47)27-42-36(49)29-17-8-5-9-18-29/h4-9,15-18,21,25,30-31,54H,2-3,10-14,19-20,22-24,26-27H2,1H3,(H,41,48)(H,42,49)(H,43,46)(H,44,47)(H,50,51)(H,52,53)/t30-,31-,39?/m0/s1. The summed E-state index contributed by atoms with van der Waals surface area (Å²) in [7, 11) is 0. The van der Waals surface area contributed by atoms with Crippen LogP contribution in [0, 0.1) is 0 Å². The smallest absolute Gasteiger partial charge is 0.326 e. The second kappa shape index (κ2) is 22.5.